The van der Waals surface area contributed by atoms with Crippen LogP contribution in [0.2, 0.25) is 0 Å². The molecule has 0 aliphatic heterocycles. The highest BCUT2D eigenvalue weighted by atomic mass is 79.9. The molecule has 2 aromatic rings. The Kier molecular flexibility index (Phi) is 3.26. The number of fused-ring (bicyclic) bond motifs is 1. The Morgan fingerprint density at radius 3 is 3.00 bits per heavy atom. The van der Waals surface area contributed by atoms with Gasteiger partial charge in [-0.25, -0.2) is 4.79 Å². The van der Waals surface area contributed by atoms with Crippen LogP contribution in [0.15, 0.2) is 30.5 Å². The van der Waals surface area contributed by atoms with E-state index in [0.29, 0.717) is 6.42 Å². The Hall–Kier alpha value is -1.33. The Morgan fingerprint density at radius 2 is 2.25 bits per heavy atom. The summed E-state index contributed by atoms with van der Waals surface area (Å²) in [4.78, 5) is 14.3. The van der Waals surface area contributed by atoms with Gasteiger partial charge in [-0.3, -0.25) is 0 Å². The van der Waals surface area contributed by atoms with Crippen LogP contribution in [0.3, 0.4) is 0 Å². The van der Waals surface area contributed by atoms with Crippen LogP contribution in [0.5, 0.6) is 0 Å². The molecule has 0 saturated carbocycles. The normalized spacial score (nSPS) is 12.6. The van der Waals surface area contributed by atoms with Crippen LogP contribution in [0, 0.1) is 0 Å². The number of aromatic amines is 1. The fourth-order valence-corrected chi connectivity index (χ4v) is 1.92. The lowest BCUT2D eigenvalue weighted by molar-refractivity contribution is -0.133. The van der Waals surface area contributed by atoms with Gasteiger partial charge in [0.1, 0.15) is 6.04 Å². The van der Waals surface area contributed by atoms with E-state index >= 15 is 0 Å². The second-order valence-corrected chi connectivity index (χ2v) is 3.89. The van der Waals surface area contributed by atoms with Gasteiger partial charge in [-0.1, -0.05) is 18.2 Å². The van der Waals surface area contributed by atoms with Gasteiger partial charge in [0.2, 0.25) is 0 Å². The summed E-state index contributed by atoms with van der Waals surface area (Å²) in [5.74, 6) is -0.467. The number of halogens is 1. The highest BCUT2D eigenvalue weighted by Crippen LogP contribution is 2.18. The van der Waals surface area contributed by atoms with Gasteiger partial charge in [-0.05, 0) is 11.6 Å². The van der Waals surface area contributed by atoms with Crippen LogP contribution < -0.4 is 5.73 Å². The van der Waals surface area contributed by atoms with Gasteiger partial charge in [-0.15, -0.1) is 0 Å². The zero-order valence-corrected chi connectivity index (χ0v) is 10.0. The first-order chi connectivity index (χ1) is 7.72. The number of carbonyl (C=O) groups is 1. The van der Waals surface area contributed by atoms with Crippen molar-refractivity contribution in [2.75, 3.05) is 0 Å². The molecule has 0 aliphatic rings. The molecule has 0 radical (unpaired) electrons. The quantitative estimate of drug-likeness (QED) is 0.903. The minimum atomic E-state index is -0.654. The minimum Gasteiger partial charge on any atom is -0.382 e. The summed E-state index contributed by atoms with van der Waals surface area (Å²) in [5.41, 5.74) is 7.75. The van der Waals surface area contributed by atoms with E-state index in [1.54, 1.807) is 0 Å². The van der Waals surface area contributed by atoms with Crippen LogP contribution in [0.1, 0.15) is 5.56 Å². The van der Waals surface area contributed by atoms with Crippen LogP contribution in [0.25, 0.3) is 10.9 Å². The molecule has 1 aromatic heterocycles. The maximum Gasteiger partial charge on any atom is 0.334 e. The molecule has 1 heterocycles. The number of nitrogens with two attached hydrogens (primary N) is 1. The van der Waals surface area contributed by atoms with Gasteiger partial charge < -0.3 is 14.5 Å². The summed E-state index contributed by atoms with van der Waals surface area (Å²) in [6.45, 7) is 0. The first kappa shape index (κ1) is 11.2. The average molecular weight is 283 g/mol. The third-order valence-electron chi connectivity index (χ3n) is 2.49. The van der Waals surface area contributed by atoms with Crippen LogP contribution in [-0.4, -0.2) is 17.0 Å². The first-order valence-electron chi connectivity index (χ1n) is 4.85. The predicted octanol–water partition coefficient (Wildman–Crippen LogP) is 1.89. The summed E-state index contributed by atoms with van der Waals surface area (Å²) >= 11 is 2.63. The number of para-hydroxylation sites is 1. The number of benzene rings is 1. The SMILES string of the molecule is N[C@@H](Cc1c[nH]c2ccccc12)C(=O)OBr. The molecule has 0 bridgehead atoms. The van der Waals surface area contributed by atoms with Crippen LogP contribution in [0.4, 0.5) is 0 Å². The highest BCUT2D eigenvalue weighted by Gasteiger charge is 2.16. The van der Waals surface area contributed by atoms with Gasteiger partial charge in [0.15, 0.2) is 16.3 Å². The second-order valence-electron chi connectivity index (χ2n) is 3.57. The van der Waals surface area contributed by atoms with E-state index in [1.165, 1.54) is 0 Å². The Bertz CT molecular complexity index is 509. The van der Waals surface area contributed by atoms with Gasteiger partial charge in [0.05, 0.1) is 0 Å². The molecule has 0 aliphatic carbocycles. The highest BCUT2D eigenvalue weighted by molar-refractivity contribution is 9.06. The predicted molar refractivity (Wildman–Crippen MR) is 65.0 cm³/mol. The summed E-state index contributed by atoms with van der Waals surface area (Å²) < 4.78 is 4.41. The topological polar surface area (TPSA) is 68.1 Å². The average Bonchev–Trinajstić information content (AvgIpc) is 2.72. The molecule has 4 nitrogen and oxygen atoms in total. The molecule has 16 heavy (non-hydrogen) atoms. The molecule has 2 rings (SSSR count). The van der Waals surface area contributed by atoms with Crippen LogP contribution in [-0.2, 0) is 15.0 Å². The maximum atomic E-state index is 11.2. The summed E-state index contributed by atoms with van der Waals surface area (Å²) in [6.07, 6.45) is 2.32. The van der Waals surface area contributed by atoms with Crippen molar-refractivity contribution in [2.24, 2.45) is 5.73 Å². The van der Waals surface area contributed by atoms with E-state index in [4.69, 9.17) is 5.73 Å². The maximum absolute atomic E-state index is 11.2. The largest absolute Gasteiger partial charge is 0.382 e. The zero-order valence-electron chi connectivity index (χ0n) is 8.44. The zero-order chi connectivity index (χ0) is 11.5. The minimum absolute atomic E-state index is 0.453. The molecule has 0 saturated heterocycles. The molecular weight excluding hydrogens is 272 g/mol. The molecule has 3 N–H and O–H groups in total. The van der Waals surface area contributed by atoms with Crippen molar-refractivity contribution < 1.29 is 8.62 Å². The lowest BCUT2D eigenvalue weighted by Crippen LogP contribution is -2.32. The third kappa shape index (κ3) is 2.10. The first-order valence-corrected chi connectivity index (χ1v) is 5.50. The molecule has 1 aromatic carbocycles. The second kappa shape index (κ2) is 4.67. The van der Waals surface area contributed by atoms with E-state index in [1.807, 2.05) is 30.5 Å². The van der Waals surface area contributed by atoms with Crippen molar-refractivity contribution in [3.05, 3.63) is 36.0 Å². The molecular formula is C11H11BrN2O2. The number of H-pyrrole nitrogens is 1. The fourth-order valence-electron chi connectivity index (χ4n) is 1.68. The van der Waals surface area contributed by atoms with E-state index < -0.39 is 12.0 Å². The van der Waals surface area contributed by atoms with Crippen molar-refractivity contribution in [1.29, 1.82) is 0 Å². The summed E-state index contributed by atoms with van der Waals surface area (Å²) in [5, 5.41) is 1.08. The van der Waals surface area contributed by atoms with Gasteiger partial charge in [0.25, 0.3) is 0 Å². The van der Waals surface area contributed by atoms with E-state index in [2.05, 4.69) is 25.1 Å². The lowest BCUT2D eigenvalue weighted by atomic mass is 10.1. The Morgan fingerprint density at radius 1 is 1.50 bits per heavy atom. The smallest absolute Gasteiger partial charge is 0.334 e. The van der Waals surface area contributed by atoms with Gasteiger partial charge >= 0.3 is 5.97 Å². The molecule has 84 valence electrons. The van der Waals surface area contributed by atoms with Gasteiger partial charge in [-0.2, -0.15) is 0 Å². The van der Waals surface area contributed by atoms with Crippen molar-refractivity contribution in [2.45, 2.75) is 12.5 Å². The van der Waals surface area contributed by atoms with Crippen molar-refractivity contribution in [3.8, 4) is 0 Å². The lowest BCUT2D eigenvalue weighted by Gasteiger charge is -2.06. The monoisotopic (exact) mass is 282 g/mol. The Balaban J connectivity index is 2.24. The van der Waals surface area contributed by atoms with E-state index in [-0.39, 0.29) is 0 Å². The van der Waals surface area contributed by atoms with Crippen molar-refractivity contribution >= 4 is 33.1 Å². The number of aromatic nitrogens is 1. The summed E-state index contributed by atoms with van der Waals surface area (Å²) in [7, 11) is 0. The molecule has 1 atom stereocenters. The molecule has 0 spiro atoms. The molecule has 5 heteroatoms. The number of nitrogens with one attached hydrogen (secondary N) is 1. The molecule has 0 unspecified atom stereocenters. The molecule has 0 fully saturated rings. The van der Waals surface area contributed by atoms with E-state index in [9.17, 15) is 4.79 Å². The van der Waals surface area contributed by atoms with E-state index in [0.717, 1.165) is 16.5 Å². The fraction of sp³-hybridized carbons (Fsp3) is 0.182. The summed E-state index contributed by atoms with van der Waals surface area (Å²) in [6, 6.07) is 7.22. The third-order valence-corrected chi connectivity index (χ3v) is 2.81. The number of hydrogen-bond donors (Lipinski definition) is 2. The number of carbonyl (C=O) groups excluding carboxylic acids is 1. The van der Waals surface area contributed by atoms with Crippen LogP contribution >= 0.6 is 16.3 Å². The van der Waals surface area contributed by atoms with Crippen molar-refractivity contribution in [1.82, 2.24) is 4.98 Å². The Labute approximate surface area is 101 Å². The van der Waals surface area contributed by atoms with Crippen molar-refractivity contribution in [3.63, 3.8) is 0 Å². The number of rotatable bonds is 3. The standard InChI is InChI=1S/C11H11BrN2O2/c12-16-11(15)9(13)5-7-6-14-10-4-2-1-3-8(7)10/h1-4,6,9,14H,5,13H2/t9-/m0/s1. The molecule has 0 amide bonds. The van der Waals surface area contributed by atoms with Gasteiger partial charge in [0, 0.05) is 23.5 Å². The number of hydrogen-bond acceptors (Lipinski definition) is 3.